The van der Waals surface area contributed by atoms with Gasteiger partial charge in [-0.1, -0.05) is 6.08 Å². The predicted molar refractivity (Wildman–Crippen MR) is 110 cm³/mol. The smallest absolute Gasteiger partial charge is 0.174 e. The molecule has 0 bridgehead atoms. The summed E-state index contributed by atoms with van der Waals surface area (Å²) in [6.07, 6.45) is 10.5. The van der Waals surface area contributed by atoms with Crippen molar-refractivity contribution in [2.45, 2.75) is 18.9 Å². The van der Waals surface area contributed by atoms with Crippen molar-refractivity contribution >= 4 is 22.7 Å². The normalized spacial score (nSPS) is 16.3. The van der Waals surface area contributed by atoms with E-state index in [2.05, 4.69) is 15.2 Å². The highest BCUT2D eigenvalue weighted by Gasteiger charge is 2.25. The molecule has 0 spiro atoms. The van der Waals surface area contributed by atoms with Crippen molar-refractivity contribution in [3.8, 4) is 5.75 Å². The molecule has 0 saturated carbocycles. The number of nitrogens with zero attached hydrogens (tertiary/aromatic N) is 4. The van der Waals surface area contributed by atoms with Gasteiger partial charge in [0.15, 0.2) is 23.2 Å². The van der Waals surface area contributed by atoms with E-state index in [0.717, 1.165) is 28.6 Å². The summed E-state index contributed by atoms with van der Waals surface area (Å²) in [7, 11) is 0. The van der Waals surface area contributed by atoms with E-state index >= 15 is 0 Å². The molecule has 0 atom stereocenters. The largest absolute Gasteiger partial charge is 0.487 e. The van der Waals surface area contributed by atoms with Crippen molar-refractivity contribution in [1.82, 2.24) is 15.0 Å². The zero-order valence-corrected chi connectivity index (χ0v) is 16.1. The average molecular weight is 407 g/mol. The lowest BCUT2D eigenvalue weighted by atomic mass is 10.1. The van der Waals surface area contributed by atoms with Crippen molar-refractivity contribution < 1.29 is 13.5 Å². The first-order valence-electron chi connectivity index (χ1n) is 9.79. The van der Waals surface area contributed by atoms with Gasteiger partial charge in [-0.15, -0.1) is 0 Å². The summed E-state index contributed by atoms with van der Waals surface area (Å²) < 4.78 is 32.8. The molecule has 3 heterocycles. The fraction of sp³-hybridized carbons (Fsp3) is 0.227. The lowest BCUT2D eigenvalue weighted by Crippen LogP contribution is -2.39. The summed E-state index contributed by atoms with van der Waals surface area (Å²) in [6.45, 7) is 1.37. The number of ether oxygens (including phenoxy) is 1. The number of hydrogen-bond acceptors (Lipinski definition) is 6. The zero-order valence-electron chi connectivity index (χ0n) is 16.1. The average Bonchev–Trinajstić information content (AvgIpc) is 2.73. The second-order valence-corrected chi connectivity index (χ2v) is 7.25. The molecule has 1 fully saturated rings. The molecule has 8 heteroatoms. The molecule has 152 valence electrons. The number of nitrogens with one attached hydrogen (secondary N) is 1. The van der Waals surface area contributed by atoms with Crippen LogP contribution in [0.3, 0.4) is 0 Å². The number of pyridine rings is 1. The molecular formula is C22H19F2N5O. The van der Waals surface area contributed by atoms with E-state index in [1.807, 2.05) is 24.3 Å². The van der Waals surface area contributed by atoms with E-state index in [4.69, 9.17) is 14.7 Å². The summed E-state index contributed by atoms with van der Waals surface area (Å²) in [6, 6.07) is 5.22. The maximum absolute atomic E-state index is 13.9. The number of allylic oxidation sites excluding steroid dienone is 3. The summed E-state index contributed by atoms with van der Waals surface area (Å²) in [5, 5.41) is 3.32. The predicted octanol–water partition coefficient (Wildman–Crippen LogP) is 4.22. The maximum atomic E-state index is 13.9. The quantitative estimate of drug-likeness (QED) is 0.683. The van der Waals surface area contributed by atoms with Crippen molar-refractivity contribution in [3.05, 3.63) is 72.2 Å². The molecule has 0 amide bonds. The molecule has 1 aromatic carbocycles. The third-order valence-electron chi connectivity index (χ3n) is 5.19. The number of piperidine rings is 1. The Bertz CT molecular complexity index is 1160. The van der Waals surface area contributed by atoms with Gasteiger partial charge in [0.05, 0.1) is 11.7 Å². The van der Waals surface area contributed by atoms with Crippen LogP contribution in [0.4, 0.5) is 20.4 Å². The molecule has 3 aromatic rings. The highest BCUT2D eigenvalue weighted by atomic mass is 19.1. The van der Waals surface area contributed by atoms with E-state index in [1.54, 1.807) is 12.4 Å². The van der Waals surface area contributed by atoms with E-state index in [9.17, 15) is 8.78 Å². The van der Waals surface area contributed by atoms with Gasteiger partial charge >= 0.3 is 0 Å². The van der Waals surface area contributed by atoms with E-state index in [-0.39, 0.29) is 11.9 Å². The molecule has 5 rings (SSSR count). The van der Waals surface area contributed by atoms with E-state index in [1.165, 1.54) is 12.1 Å². The molecule has 6 nitrogen and oxygen atoms in total. The first-order valence-corrected chi connectivity index (χ1v) is 9.79. The molecule has 1 aliphatic heterocycles. The second kappa shape index (κ2) is 7.70. The summed E-state index contributed by atoms with van der Waals surface area (Å²) in [4.78, 5) is 15.8. The number of anilines is 2. The molecule has 1 aliphatic carbocycles. The second-order valence-electron chi connectivity index (χ2n) is 7.25. The number of benzene rings is 1. The standard InChI is InChI=1S/C22H19F2N5O/c23-14-4-5-20(17(24)12-14)30-16-7-10-29(11-8-16)22-21(26-15-2-1-3-15)27-19-13-25-9-6-18(19)28-22/h1-6,9,12-13,16H,7-8,10-11H2,(H,26,27). The fourth-order valence-corrected chi connectivity index (χ4v) is 3.55. The van der Waals surface area contributed by atoms with Crippen LogP contribution in [0.5, 0.6) is 5.75 Å². The van der Waals surface area contributed by atoms with Crippen LogP contribution in [-0.4, -0.2) is 34.1 Å². The highest BCUT2D eigenvalue weighted by molar-refractivity contribution is 5.80. The van der Waals surface area contributed by atoms with Crippen molar-refractivity contribution in [3.63, 3.8) is 0 Å². The molecule has 1 saturated heterocycles. The van der Waals surface area contributed by atoms with Gasteiger partial charge in [0.1, 0.15) is 17.4 Å². The van der Waals surface area contributed by atoms with Crippen molar-refractivity contribution in [2.24, 2.45) is 0 Å². The van der Waals surface area contributed by atoms with Gasteiger partial charge in [-0.2, -0.15) is 0 Å². The third kappa shape index (κ3) is 3.68. The fourth-order valence-electron chi connectivity index (χ4n) is 3.55. The van der Waals surface area contributed by atoms with Gasteiger partial charge in [0.2, 0.25) is 0 Å². The first kappa shape index (κ1) is 18.5. The monoisotopic (exact) mass is 407 g/mol. The molecule has 2 aliphatic rings. The van der Waals surface area contributed by atoms with Crippen LogP contribution in [0.15, 0.2) is 60.6 Å². The van der Waals surface area contributed by atoms with Gasteiger partial charge in [0, 0.05) is 43.9 Å². The SMILES string of the molecule is Fc1ccc(OC2CCN(c3nc4ccncc4nc3NC3=CC=C3)CC2)c(F)c1. The van der Waals surface area contributed by atoms with Crippen LogP contribution in [0.2, 0.25) is 0 Å². The Morgan fingerprint density at radius 3 is 2.63 bits per heavy atom. The summed E-state index contributed by atoms with van der Waals surface area (Å²) >= 11 is 0. The number of rotatable bonds is 5. The Morgan fingerprint density at radius 1 is 1.07 bits per heavy atom. The maximum Gasteiger partial charge on any atom is 0.174 e. The molecule has 0 radical (unpaired) electrons. The highest BCUT2D eigenvalue weighted by Crippen LogP contribution is 2.30. The van der Waals surface area contributed by atoms with Crippen LogP contribution >= 0.6 is 0 Å². The molecule has 2 aromatic heterocycles. The lowest BCUT2D eigenvalue weighted by molar-refractivity contribution is 0.163. The first-order chi connectivity index (χ1) is 14.7. The van der Waals surface area contributed by atoms with Gasteiger partial charge in [-0.25, -0.2) is 18.7 Å². The minimum Gasteiger partial charge on any atom is -0.487 e. The number of aromatic nitrogens is 3. The number of halogens is 2. The van der Waals surface area contributed by atoms with Crippen LogP contribution in [0.25, 0.3) is 11.0 Å². The Hall–Kier alpha value is -3.55. The van der Waals surface area contributed by atoms with E-state index in [0.29, 0.717) is 31.7 Å². The van der Waals surface area contributed by atoms with Gasteiger partial charge in [-0.05, 0) is 30.4 Å². The van der Waals surface area contributed by atoms with Crippen LogP contribution in [0, 0.1) is 11.6 Å². The van der Waals surface area contributed by atoms with Crippen molar-refractivity contribution in [2.75, 3.05) is 23.3 Å². The molecule has 0 unspecified atom stereocenters. The topological polar surface area (TPSA) is 63.2 Å². The minimum absolute atomic E-state index is 0.0823. The Labute approximate surface area is 171 Å². The van der Waals surface area contributed by atoms with Gasteiger partial charge < -0.3 is 15.0 Å². The lowest BCUT2D eigenvalue weighted by Gasteiger charge is -2.34. The molecule has 30 heavy (non-hydrogen) atoms. The molecular weight excluding hydrogens is 388 g/mol. The van der Waals surface area contributed by atoms with E-state index < -0.39 is 11.6 Å². The number of fused-ring (bicyclic) bond motifs is 1. The van der Waals surface area contributed by atoms with Crippen LogP contribution in [-0.2, 0) is 0 Å². The Balaban J connectivity index is 1.34. The summed E-state index contributed by atoms with van der Waals surface area (Å²) in [5.74, 6) is 0.228. The summed E-state index contributed by atoms with van der Waals surface area (Å²) in [5.41, 5.74) is 2.46. The number of hydrogen-bond donors (Lipinski definition) is 1. The van der Waals surface area contributed by atoms with Crippen LogP contribution in [0.1, 0.15) is 12.8 Å². The minimum atomic E-state index is -0.681. The Kier molecular flexibility index (Phi) is 4.74. The van der Waals surface area contributed by atoms with Gasteiger partial charge in [-0.3, -0.25) is 4.98 Å². The van der Waals surface area contributed by atoms with Gasteiger partial charge in [0.25, 0.3) is 0 Å². The third-order valence-corrected chi connectivity index (χ3v) is 5.19. The van der Waals surface area contributed by atoms with Crippen molar-refractivity contribution in [1.29, 1.82) is 0 Å². The zero-order chi connectivity index (χ0) is 20.5. The Morgan fingerprint density at radius 2 is 1.90 bits per heavy atom. The van der Waals surface area contributed by atoms with Crippen LogP contribution < -0.4 is 15.0 Å². The molecule has 1 N–H and O–H groups in total.